The van der Waals surface area contributed by atoms with Crippen molar-refractivity contribution in [2.75, 3.05) is 26.2 Å². The molecule has 4 fully saturated rings. The number of ether oxygens (including phenoxy) is 1. The Morgan fingerprint density at radius 2 is 1.81 bits per heavy atom. The predicted molar refractivity (Wildman–Crippen MR) is 122 cm³/mol. The highest BCUT2D eigenvalue weighted by molar-refractivity contribution is 5.81. The first-order valence-corrected chi connectivity index (χ1v) is 12.5. The first kappa shape index (κ1) is 21.7. The first-order chi connectivity index (χ1) is 15.6. The topological polar surface area (TPSA) is 59.7 Å². The SMILES string of the molecule is O=C(O[C@H]1C[N+]2(CCCc3ccccc3)CCC1CC2)[C@@](O)(c1ccco1)C1CCCC1. The van der Waals surface area contributed by atoms with Crippen molar-refractivity contribution in [2.45, 2.75) is 63.1 Å². The number of rotatable bonds is 8. The third-order valence-corrected chi connectivity index (χ3v) is 8.39. The third kappa shape index (κ3) is 4.13. The predicted octanol–water partition coefficient (Wildman–Crippen LogP) is 4.44. The van der Waals surface area contributed by atoms with Gasteiger partial charge in [-0.1, -0.05) is 43.2 Å². The number of furan rings is 1. The number of carbonyl (C=O) groups excluding carboxylic acids is 1. The lowest BCUT2D eigenvalue weighted by atomic mass is 9.81. The molecule has 0 unspecified atom stereocenters. The van der Waals surface area contributed by atoms with Gasteiger partial charge in [-0.2, -0.15) is 0 Å². The molecule has 4 aliphatic rings. The molecule has 2 aromatic rings. The molecule has 3 saturated heterocycles. The second-order valence-corrected chi connectivity index (χ2v) is 10.3. The number of fused-ring (bicyclic) bond motifs is 3. The third-order valence-electron chi connectivity index (χ3n) is 8.39. The maximum absolute atomic E-state index is 13.5. The summed E-state index contributed by atoms with van der Waals surface area (Å²) in [5.41, 5.74) is -0.273. The van der Waals surface area contributed by atoms with E-state index in [4.69, 9.17) is 9.15 Å². The standard InChI is InChI=1S/C27H36NO4/c29-26(27(30,23-11-4-5-12-23)25-13-7-19-31-25)32-24-20-28(17-14-22(24)15-18-28)16-6-10-21-8-2-1-3-9-21/h1-3,7-9,13,19,22-24,30H,4-6,10-12,14-18,20H2/q+1/t22?,24-,27-,28?/m0/s1. The molecule has 5 nitrogen and oxygen atoms in total. The number of aryl methyl sites for hydroxylation is 1. The second kappa shape index (κ2) is 9.03. The fourth-order valence-electron chi connectivity index (χ4n) is 6.47. The van der Waals surface area contributed by atoms with Gasteiger partial charge in [0, 0.05) is 31.1 Å². The van der Waals surface area contributed by atoms with E-state index >= 15 is 0 Å². The van der Waals surface area contributed by atoms with Gasteiger partial charge in [-0.25, -0.2) is 4.79 Å². The fraction of sp³-hybridized carbons (Fsp3) is 0.593. The van der Waals surface area contributed by atoms with Crippen LogP contribution in [0.3, 0.4) is 0 Å². The van der Waals surface area contributed by atoms with Crippen LogP contribution in [0.15, 0.2) is 53.1 Å². The molecule has 1 aromatic carbocycles. The van der Waals surface area contributed by atoms with Gasteiger partial charge in [0.05, 0.1) is 25.9 Å². The lowest BCUT2D eigenvalue weighted by Crippen LogP contribution is -2.65. The van der Waals surface area contributed by atoms with Crippen LogP contribution in [0.25, 0.3) is 0 Å². The van der Waals surface area contributed by atoms with Gasteiger partial charge in [-0.15, -0.1) is 0 Å². The molecular weight excluding hydrogens is 402 g/mol. The van der Waals surface area contributed by atoms with Crippen LogP contribution >= 0.6 is 0 Å². The Hall–Kier alpha value is -2.11. The molecule has 0 amide bonds. The first-order valence-electron chi connectivity index (χ1n) is 12.5. The molecule has 2 bridgehead atoms. The number of hydrogen-bond acceptors (Lipinski definition) is 4. The quantitative estimate of drug-likeness (QED) is 0.489. The molecule has 1 aliphatic carbocycles. The smallest absolute Gasteiger partial charge is 0.346 e. The van der Waals surface area contributed by atoms with Crippen molar-refractivity contribution in [3.8, 4) is 0 Å². The maximum Gasteiger partial charge on any atom is 0.346 e. The van der Waals surface area contributed by atoms with Crippen LogP contribution in [0, 0.1) is 11.8 Å². The van der Waals surface area contributed by atoms with Gasteiger partial charge in [0.1, 0.15) is 12.3 Å². The molecule has 0 spiro atoms. The summed E-state index contributed by atoms with van der Waals surface area (Å²) in [5, 5.41) is 11.6. The number of carbonyl (C=O) groups is 1. The Balaban J connectivity index is 1.26. The van der Waals surface area contributed by atoms with E-state index in [0.717, 1.165) is 68.9 Å². The minimum Gasteiger partial charge on any atom is -0.466 e. The Labute approximate surface area is 191 Å². The molecule has 0 radical (unpaired) electrons. The monoisotopic (exact) mass is 438 g/mol. The summed E-state index contributed by atoms with van der Waals surface area (Å²) < 4.78 is 12.7. The molecule has 6 rings (SSSR count). The van der Waals surface area contributed by atoms with Crippen molar-refractivity contribution in [3.63, 3.8) is 0 Å². The summed E-state index contributed by atoms with van der Waals surface area (Å²) in [6.45, 7) is 4.36. The fourth-order valence-corrected chi connectivity index (χ4v) is 6.47. The molecule has 2 atom stereocenters. The molecule has 32 heavy (non-hydrogen) atoms. The number of benzene rings is 1. The van der Waals surface area contributed by atoms with Gasteiger partial charge in [0.25, 0.3) is 0 Å². The Kier molecular flexibility index (Phi) is 6.13. The molecular formula is C27H36NO4+. The minimum absolute atomic E-state index is 0.107. The number of piperidine rings is 3. The van der Waals surface area contributed by atoms with Crippen LogP contribution in [0.5, 0.6) is 0 Å². The Morgan fingerprint density at radius 3 is 2.50 bits per heavy atom. The van der Waals surface area contributed by atoms with Gasteiger partial charge in [-0.05, 0) is 37.0 Å². The maximum atomic E-state index is 13.5. The summed E-state index contributed by atoms with van der Waals surface area (Å²) in [6, 6.07) is 14.1. The van der Waals surface area contributed by atoms with E-state index in [2.05, 4.69) is 30.3 Å². The number of nitrogens with zero attached hydrogens (tertiary/aromatic N) is 1. The highest BCUT2D eigenvalue weighted by Crippen LogP contribution is 2.43. The number of quaternary nitrogens is 1. The summed E-state index contributed by atoms with van der Waals surface area (Å²) in [6.07, 6.45) is 9.61. The lowest BCUT2D eigenvalue weighted by Gasteiger charge is -2.52. The average Bonchev–Trinajstić information content (AvgIpc) is 3.55. The largest absolute Gasteiger partial charge is 0.466 e. The molecule has 5 heteroatoms. The highest BCUT2D eigenvalue weighted by atomic mass is 16.6. The van der Waals surface area contributed by atoms with E-state index in [0.29, 0.717) is 11.7 Å². The van der Waals surface area contributed by atoms with E-state index in [1.54, 1.807) is 12.1 Å². The van der Waals surface area contributed by atoms with Gasteiger partial charge < -0.3 is 18.7 Å². The van der Waals surface area contributed by atoms with Crippen molar-refractivity contribution in [2.24, 2.45) is 11.8 Å². The zero-order valence-electron chi connectivity index (χ0n) is 19.0. The van der Waals surface area contributed by atoms with E-state index in [9.17, 15) is 9.90 Å². The average molecular weight is 439 g/mol. The van der Waals surface area contributed by atoms with Gasteiger partial charge in [-0.3, -0.25) is 0 Å². The van der Waals surface area contributed by atoms with Crippen molar-refractivity contribution in [1.29, 1.82) is 0 Å². The minimum atomic E-state index is -1.66. The molecule has 1 N–H and O–H groups in total. The van der Waals surface area contributed by atoms with Crippen LogP contribution in [0.1, 0.15) is 56.3 Å². The summed E-state index contributed by atoms with van der Waals surface area (Å²) >= 11 is 0. The summed E-state index contributed by atoms with van der Waals surface area (Å²) in [5.74, 6) is 0.122. The summed E-state index contributed by atoms with van der Waals surface area (Å²) in [7, 11) is 0. The number of hydrogen-bond donors (Lipinski definition) is 1. The summed E-state index contributed by atoms with van der Waals surface area (Å²) in [4.78, 5) is 13.5. The van der Waals surface area contributed by atoms with Crippen LogP contribution in [0.4, 0.5) is 0 Å². The van der Waals surface area contributed by atoms with Crippen LogP contribution < -0.4 is 0 Å². The van der Waals surface area contributed by atoms with Crippen LogP contribution in [-0.2, 0) is 21.6 Å². The van der Waals surface area contributed by atoms with Crippen molar-refractivity contribution in [1.82, 2.24) is 0 Å². The van der Waals surface area contributed by atoms with Crippen molar-refractivity contribution < 1.29 is 23.5 Å². The lowest BCUT2D eigenvalue weighted by molar-refractivity contribution is -0.946. The molecule has 3 aliphatic heterocycles. The zero-order chi connectivity index (χ0) is 22.0. The van der Waals surface area contributed by atoms with Crippen LogP contribution in [-0.4, -0.2) is 47.8 Å². The highest BCUT2D eigenvalue weighted by Gasteiger charge is 2.53. The molecule has 1 saturated carbocycles. The second-order valence-electron chi connectivity index (χ2n) is 10.3. The van der Waals surface area contributed by atoms with E-state index in [1.165, 1.54) is 24.9 Å². The van der Waals surface area contributed by atoms with E-state index < -0.39 is 11.6 Å². The van der Waals surface area contributed by atoms with Crippen molar-refractivity contribution in [3.05, 3.63) is 60.1 Å². The zero-order valence-corrected chi connectivity index (χ0v) is 19.0. The molecule has 1 aromatic heterocycles. The number of esters is 1. The Morgan fingerprint density at radius 1 is 1.06 bits per heavy atom. The Bertz CT molecular complexity index is 882. The van der Waals surface area contributed by atoms with E-state index in [1.807, 2.05) is 0 Å². The van der Waals surface area contributed by atoms with Gasteiger partial charge in [0.2, 0.25) is 5.60 Å². The molecule has 4 heterocycles. The normalized spacial score (nSPS) is 29.7. The number of aliphatic hydroxyl groups is 1. The molecule has 172 valence electrons. The van der Waals surface area contributed by atoms with E-state index in [-0.39, 0.29) is 12.0 Å². The van der Waals surface area contributed by atoms with Gasteiger partial charge >= 0.3 is 5.97 Å². The van der Waals surface area contributed by atoms with Crippen LogP contribution in [0.2, 0.25) is 0 Å². The van der Waals surface area contributed by atoms with Crippen molar-refractivity contribution >= 4 is 5.97 Å². The van der Waals surface area contributed by atoms with Gasteiger partial charge in [0.15, 0.2) is 6.10 Å².